The molecule has 2 aliphatic rings. The van der Waals surface area contributed by atoms with Gasteiger partial charge in [-0.2, -0.15) is 0 Å². The van der Waals surface area contributed by atoms with Crippen molar-refractivity contribution in [2.45, 2.75) is 38.1 Å². The molecule has 0 fully saturated rings. The first-order chi connectivity index (χ1) is 20.0. The summed E-state index contributed by atoms with van der Waals surface area (Å²) in [6.45, 7) is 7.16. The number of benzene rings is 4. The van der Waals surface area contributed by atoms with Gasteiger partial charge in [0.25, 0.3) is 0 Å². The molecular weight excluding hydrogens is 498 g/mol. The van der Waals surface area contributed by atoms with Gasteiger partial charge in [0, 0.05) is 22.2 Å². The van der Waals surface area contributed by atoms with Crippen molar-refractivity contribution in [3.05, 3.63) is 145 Å². The Morgan fingerprint density at radius 1 is 0.683 bits per heavy atom. The molecule has 0 saturated heterocycles. The van der Waals surface area contributed by atoms with Crippen molar-refractivity contribution >= 4 is 39.0 Å². The number of nitrogens with zero attached hydrogens (tertiary/aromatic N) is 3. The molecule has 1 aliphatic carbocycles. The number of aromatic nitrogens is 2. The van der Waals surface area contributed by atoms with E-state index < -0.39 is 0 Å². The van der Waals surface area contributed by atoms with Gasteiger partial charge in [0.1, 0.15) is 5.82 Å². The molecule has 0 N–H and O–H groups in total. The molecule has 2 aromatic heterocycles. The average molecular weight is 532 g/mol. The highest BCUT2D eigenvalue weighted by molar-refractivity contribution is 6.18. The molecule has 0 saturated carbocycles. The summed E-state index contributed by atoms with van der Waals surface area (Å²) in [6, 6.07) is 39.6. The van der Waals surface area contributed by atoms with Gasteiger partial charge in [-0.25, -0.2) is 0 Å². The number of para-hydroxylation sites is 4. The van der Waals surface area contributed by atoms with E-state index in [9.17, 15) is 0 Å². The third kappa shape index (κ3) is 3.26. The Balaban J connectivity index is 1.62. The smallest absolute Gasteiger partial charge is 0.132 e. The van der Waals surface area contributed by atoms with E-state index in [1.54, 1.807) is 0 Å². The minimum atomic E-state index is -0.192. The van der Waals surface area contributed by atoms with Crippen molar-refractivity contribution in [3.63, 3.8) is 0 Å². The standard InChI is InChI=1S/C38H33N3/c1-37(2)30-22-12-14-24-32(30)40-35(37)34-33(29-21-11-13-23-31(29)41(34)38(3)25-15-6-16-26-38)36(40)39(27-17-7-4-8-18-27)28-19-9-5-10-20-28/h4-25H,26H2,1-3H3. The van der Waals surface area contributed by atoms with E-state index >= 15 is 0 Å². The highest BCUT2D eigenvalue weighted by atomic mass is 15.3. The summed E-state index contributed by atoms with van der Waals surface area (Å²) in [5.74, 6) is 1.19. The van der Waals surface area contributed by atoms with Gasteiger partial charge >= 0.3 is 0 Å². The molecule has 0 amide bonds. The zero-order valence-corrected chi connectivity index (χ0v) is 23.8. The highest BCUT2D eigenvalue weighted by Gasteiger charge is 2.44. The van der Waals surface area contributed by atoms with Gasteiger partial charge in [0.05, 0.1) is 33.3 Å². The lowest BCUT2D eigenvalue weighted by atomic mass is 9.82. The van der Waals surface area contributed by atoms with Gasteiger partial charge in [-0.1, -0.05) is 111 Å². The molecule has 3 heteroatoms. The van der Waals surface area contributed by atoms with Crippen LogP contribution >= 0.6 is 0 Å². The van der Waals surface area contributed by atoms with Crippen LogP contribution in [0.15, 0.2) is 133 Å². The normalized spacial score (nSPS) is 18.6. The highest BCUT2D eigenvalue weighted by Crippen LogP contribution is 2.56. The van der Waals surface area contributed by atoms with Crippen molar-refractivity contribution in [3.8, 4) is 5.69 Å². The summed E-state index contributed by atoms with van der Waals surface area (Å²) >= 11 is 0. The van der Waals surface area contributed by atoms with Crippen molar-refractivity contribution in [1.82, 2.24) is 9.13 Å². The van der Waals surface area contributed by atoms with E-state index in [4.69, 9.17) is 0 Å². The van der Waals surface area contributed by atoms with Gasteiger partial charge in [-0.3, -0.25) is 9.47 Å². The van der Waals surface area contributed by atoms with Gasteiger partial charge < -0.3 is 4.57 Å². The van der Waals surface area contributed by atoms with Crippen molar-refractivity contribution < 1.29 is 0 Å². The lowest BCUT2D eigenvalue weighted by Crippen LogP contribution is -2.29. The summed E-state index contributed by atoms with van der Waals surface area (Å²) in [5, 5.41) is 2.59. The summed E-state index contributed by atoms with van der Waals surface area (Å²) < 4.78 is 5.20. The molecule has 0 bridgehead atoms. The predicted octanol–water partition coefficient (Wildman–Crippen LogP) is 9.93. The molecule has 200 valence electrons. The Hall–Kier alpha value is -4.76. The Morgan fingerprint density at radius 3 is 2.00 bits per heavy atom. The maximum absolute atomic E-state index is 2.63. The fraction of sp³-hybridized carbons (Fsp3) is 0.158. The maximum Gasteiger partial charge on any atom is 0.132 e. The van der Waals surface area contributed by atoms with Crippen molar-refractivity contribution in [1.29, 1.82) is 0 Å². The molecule has 1 aliphatic heterocycles. The van der Waals surface area contributed by atoms with E-state index in [1.165, 1.54) is 44.6 Å². The molecule has 0 radical (unpaired) electrons. The summed E-state index contributed by atoms with van der Waals surface area (Å²) in [6.07, 6.45) is 10.0. The minimum Gasteiger partial charge on any atom is -0.329 e. The Morgan fingerprint density at radius 2 is 1.32 bits per heavy atom. The third-order valence-electron chi connectivity index (χ3n) is 9.15. The number of hydrogen-bond donors (Lipinski definition) is 0. The first-order valence-electron chi connectivity index (χ1n) is 14.5. The van der Waals surface area contributed by atoms with Crippen molar-refractivity contribution in [2.24, 2.45) is 0 Å². The monoisotopic (exact) mass is 531 g/mol. The molecule has 6 aromatic rings. The van der Waals surface area contributed by atoms with Gasteiger partial charge in [-0.05, 0) is 55.3 Å². The summed E-state index contributed by atoms with van der Waals surface area (Å²) in [7, 11) is 0. The lowest BCUT2D eigenvalue weighted by molar-refractivity contribution is 0.435. The minimum absolute atomic E-state index is 0.189. The van der Waals surface area contributed by atoms with Crippen LogP contribution in [0.2, 0.25) is 0 Å². The predicted molar refractivity (Wildman–Crippen MR) is 172 cm³/mol. The third-order valence-corrected chi connectivity index (χ3v) is 9.15. The van der Waals surface area contributed by atoms with E-state index in [2.05, 4.69) is 168 Å². The number of fused-ring (bicyclic) bond motifs is 7. The number of hydrogen-bond acceptors (Lipinski definition) is 1. The average Bonchev–Trinajstić information content (AvgIpc) is 3.60. The second-order valence-corrected chi connectivity index (χ2v) is 12.1. The maximum atomic E-state index is 2.63. The molecule has 3 nitrogen and oxygen atoms in total. The van der Waals surface area contributed by atoms with Crippen LogP contribution < -0.4 is 4.90 Å². The Kier molecular flexibility index (Phi) is 5.06. The van der Waals surface area contributed by atoms with Crippen LogP contribution in [0.25, 0.3) is 27.5 Å². The van der Waals surface area contributed by atoms with Gasteiger partial charge in [0.15, 0.2) is 0 Å². The largest absolute Gasteiger partial charge is 0.329 e. The van der Waals surface area contributed by atoms with Crippen LogP contribution in [-0.2, 0) is 11.0 Å². The van der Waals surface area contributed by atoms with E-state index in [-0.39, 0.29) is 11.0 Å². The van der Waals surface area contributed by atoms with E-state index in [1.807, 2.05) is 0 Å². The fourth-order valence-electron chi connectivity index (χ4n) is 7.32. The quantitative estimate of drug-likeness (QED) is 0.221. The summed E-state index contributed by atoms with van der Waals surface area (Å²) in [5.41, 5.74) is 8.47. The molecule has 1 atom stereocenters. The topological polar surface area (TPSA) is 13.1 Å². The lowest BCUT2D eigenvalue weighted by Gasteiger charge is -2.32. The molecule has 0 spiro atoms. The van der Waals surface area contributed by atoms with Crippen LogP contribution in [0.5, 0.6) is 0 Å². The van der Waals surface area contributed by atoms with Gasteiger partial charge in [-0.15, -0.1) is 0 Å². The number of anilines is 3. The first-order valence-corrected chi connectivity index (χ1v) is 14.5. The van der Waals surface area contributed by atoms with Crippen LogP contribution in [0.1, 0.15) is 38.4 Å². The zero-order valence-electron chi connectivity index (χ0n) is 23.8. The first kappa shape index (κ1) is 24.1. The fourth-order valence-corrected chi connectivity index (χ4v) is 7.32. The van der Waals surface area contributed by atoms with E-state index in [0.29, 0.717) is 0 Å². The van der Waals surface area contributed by atoms with Crippen LogP contribution in [0, 0.1) is 0 Å². The van der Waals surface area contributed by atoms with Crippen LogP contribution in [0.4, 0.5) is 17.2 Å². The van der Waals surface area contributed by atoms with Crippen molar-refractivity contribution in [2.75, 3.05) is 4.90 Å². The number of rotatable bonds is 4. The van der Waals surface area contributed by atoms with Crippen LogP contribution in [0.3, 0.4) is 0 Å². The Bertz CT molecular complexity index is 1960. The molecule has 4 aromatic carbocycles. The SMILES string of the molecule is CC1(C)c2ccccc2-n2c(N(c3ccccc3)c3ccccc3)c3c4ccccc4n(C4(C)C=CC=CC4)c3c21. The molecule has 3 heterocycles. The molecule has 41 heavy (non-hydrogen) atoms. The molecule has 1 unspecified atom stereocenters. The van der Waals surface area contributed by atoms with E-state index in [0.717, 1.165) is 17.8 Å². The Labute approximate surface area is 241 Å². The zero-order chi connectivity index (χ0) is 27.8. The molecular formula is C38H33N3. The van der Waals surface area contributed by atoms with Gasteiger partial charge in [0.2, 0.25) is 0 Å². The number of allylic oxidation sites excluding steroid dienone is 4. The second kappa shape index (κ2) is 8.62. The second-order valence-electron chi connectivity index (χ2n) is 12.1. The summed E-state index contributed by atoms with van der Waals surface area (Å²) in [4.78, 5) is 2.46. The molecule has 8 rings (SSSR count). The van der Waals surface area contributed by atoms with Crippen LogP contribution in [-0.4, -0.2) is 9.13 Å².